The van der Waals surface area contributed by atoms with Gasteiger partial charge in [0.25, 0.3) is 0 Å². The van der Waals surface area contributed by atoms with E-state index in [-0.39, 0.29) is 0 Å². The number of aromatic nitrogens is 3. The van der Waals surface area contributed by atoms with Gasteiger partial charge in [-0.2, -0.15) is 0 Å². The molecule has 2 rings (SSSR count). The molecule has 0 spiro atoms. The van der Waals surface area contributed by atoms with Crippen LogP contribution >= 0.6 is 0 Å². The first-order valence-electron chi connectivity index (χ1n) is 5.41. The van der Waals surface area contributed by atoms with Crippen molar-refractivity contribution in [2.24, 2.45) is 7.05 Å². The Labute approximate surface area is 99.6 Å². The van der Waals surface area contributed by atoms with E-state index in [1.165, 1.54) is 6.39 Å². The lowest BCUT2D eigenvalue weighted by Crippen LogP contribution is -2.19. The van der Waals surface area contributed by atoms with Gasteiger partial charge in [0.05, 0.1) is 12.9 Å². The highest BCUT2D eigenvalue weighted by molar-refractivity contribution is 5.53. The van der Waals surface area contributed by atoms with Crippen molar-refractivity contribution in [2.45, 2.75) is 6.54 Å². The van der Waals surface area contributed by atoms with E-state index in [4.69, 9.17) is 9.15 Å². The number of ether oxygens (including phenoxy) is 1. The fourth-order valence-corrected chi connectivity index (χ4v) is 1.51. The molecule has 0 amide bonds. The molecule has 0 aromatic carbocycles. The molecule has 0 radical (unpaired) electrons. The first-order chi connectivity index (χ1) is 8.31. The maximum atomic E-state index is 5.36. The molecule has 6 heteroatoms. The molecule has 0 aliphatic rings. The zero-order valence-electron chi connectivity index (χ0n) is 10.0. The van der Waals surface area contributed by atoms with Crippen molar-refractivity contribution in [1.29, 1.82) is 0 Å². The van der Waals surface area contributed by atoms with Crippen molar-refractivity contribution in [3.8, 4) is 11.5 Å². The van der Waals surface area contributed by atoms with E-state index in [9.17, 15) is 0 Å². The molecule has 17 heavy (non-hydrogen) atoms. The normalized spacial score (nSPS) is 10.9. The van der Waals surface area contributed by atoms with Crippen molar-refractivity contribution in [3.63, 3.8) is 0 Å². The summed E-state index contributed by atoms with van der Waals surface area (Å²) in [5.41, 5.74) is 1.66. The van der Waals surface area contributed by atoms with Crippen LogP contribution in [-0.4, -0.2) is 34.8 Å². The number of methoxy groups -OCH3 is 1. The summed E-state index contributed by atoms with van der Waals surface area (Å²) in [4.78, 5) is 8.42. The van der Waals surface area contributed by atoms with Gasteiger partial charge in [-0.1, -0.05) is 0 Å². The summed E-state index contributed by atoms with van der Waals surface area (Å²) in [6, 6.07) is 0. The first kappa shape index (κ1) is 11.8. The number of hydrogen-bond donors (Lipinski definition) is 1. The van der Waals surface area contributed by atoms with Gasteiger partial charge in [-0.05, 0) is 0 Å². The largest absolute Gasteiger partial charge is 0.441 e. The summed E-state index contributed by atoms with van der Waals surface area (Å²) < 4.78 is 12.2. The van der Waals surface area contributed by atoms with Crippen LogP contribution in [0.15, 0.2) is 23.3 Å². The molecule has 0 aliphatic heterocycles. The van der Waals surface area contributed by atoms with Crippen molar-refractivity contribution < 1.29 is 9.15 Å². The van der Waals surface area contributed by atoms with Crippen molar-refractivity contribution in [3.05, 3.63) is 24.6 Å². The van der Waals surface area contributed by atoms with Crippen LogP contribution in [0.5, 0.6) is 0 Å². The Morgan fingerprint density at radius 3 is 3.06 bits per heavy atom. The number of aryl methyl sites for hydroxylation is 1. The molecule has 6 nitrogen and oxygen atoms in total. The van der Waals surface area contributed by atoms with Crippen LogP contribution in [0.1, 0.15) is 5.69 Å². The smallest absolute Gasteiger partial charge is 0.181 e. The quantitative estimate of drug-likeness (QED) is 0.752. The Morgan fingerprint density at radius 2 is 2.35 bits per heavy atom. The zero-order chi connectivity index (χ0) is 12.1. The van der Waals surface area contributed by atoms with Gasteiger partial charge in [-0.3, -0.25) is 0 Å². The second-order valence-electron chi connectivity index (χ2n) is 3.72. The van der Waals surface area contributed by atoms with Gasteiger partial charge in [0.15, 0.2) is 12.2 Å². The Bertz CT molecular complexity index is 463. The molecule has 2 aromatic rings. The Balaban J connectivity index is 2.02. The topological polar surface area (TPSA) is 65.1 Å². The van der Waals surface area contributed by atoms with E-state index in [1.54, 1.807) is 13.4 Å². The van der Waals surface area contributed by atoms with Gasteiger partial charge in [0.2, 0.25) is 0 Å². The van der Waals surface area contributed by atoms with Gasteiger partial charge < -0.3 is 19.0 Å². The number of oxazole rings is 1. The highest BCUT2D eigenvalue weighted by Crippen LogP contribution is 2.20. The maximum Gasteiger partial charge on any atom is 0.181 e. The van der Waals surface area contributed by atoms with E-state index in [0.29, 0.717) is 13.2 Å². The molecule has 0 unspecified atom stereocenters. The third-order valence-corrected chi connectivity index (χ3v) is 2.35. The lowest BCUT2D eigenvalue weighted by molar-refractivity contribution is 0.199. The molecule has 1 N–H and O–H groups in total. The standard InChI is InChI=1S/C11H16N4O2/c1-15-6-10(13-7-15)11-9(14-8-17-11)5-12-3-4-16-2/h6-8,12H,3-5H2,1-2H3. The third-order valence-electron chi connectivity index (χ3n) is 2.35. The summed E-state index contributed by atoms with van der Waals surface area (Å²) >= 11 is 0. The molecule has 0 saturated heterocycles. The minimum Gasteiger partial charge on any atom is -0.441 e. The van der Waals surface area contributed by atoms with Crippen LogP contribution < -0.4 is 5.32 Å². The summed E-state index contributed by atoms with van der Waals surface area (Å²) in [5, 5.41) is 3.22. The number of nitrogens with one attached hydrogen (secondary N) is 1. The highest BCUT2D eigenvalue weighted by atomic mass is 16.5. The lowest BCUT2D eigenvalue weighted by Gasteiger charge is -2.02. The van der Waals surface area contributed by atoms with E-state index < -0.39 is 0 Å². The van der Waals surface area contributed by atoms with Gasteiger partial charge in [0.1, 0.15) is 11.4 Å². The van der Waals surface area contributed by atoms with Crippen LogP contribution in [0.4, 0.5) is 0 Å². The van der Waals surface area contributed by atoms with Gasteiger partial charge in [-0.15, -0.1) is 0 Å². The third kappa shape index (κ3) is 2.92. The Morgan fingerprint density at radius 1 is 1.47 bits per heavy atom. The van der Waals surface area contributed by atoms with Crippen molar-refractivity contribution >= 4 is 0 Å². The summed E-state index contributed by atoms with van der Waals surface area (Å²) in [5.74, 6) is 0.718. The van der Waals surface area contributed by atoms with Crippen molar-refractivity contribution in [2.75, 3.05) is 20.3 Å². The van der Waals surface area contributed by atoms with Gasteiger partial charge in [0, 0.05) is 33.4 Å². The molecule has 0 saturated carbocycles. The summed E-state index contributed by atoms with van der Waals surface area (Å²) in [6.45, 7) is 2.10. The monoisotopic (exact) mass is 236 g/mol. The number of imidazole rings is 1. The Hall–Kier alpha value is -1.66. The van der Waals surface area contributed by atoms with E-state index in [1.807, 2.05) is 17.8 Å². The second-order valence-corrected chi connectivity index (χ2v) is 3.72. The van der Waals surface area contributed by atoms with Gasteiger partial charge >= 0.3 is 0 Å². The summed E-state index contributed by atoms with van der Waals surface area (Å²) in [7, 11) is 3.60. The predicted molar refractivity (Wildman–Crippen MR) is 62.3 cm³/mol. The van der Waals surface area contributed by atoms with Crippen LogP contribution in [0.25, 0.3) is 11.5 Å². The molecule has 2 aromatic heterocycles. The fraction of sp³-hybridized carbons (Fsp3) is 0.455. The molecule has 0 fully saturated rings. The number of rotatable bonds is 6. The lowest BCUT2D eigenvalue weighted by atomic mass is 10.3. The van der Waals surface area contributed by atoms with E-state index in [0.717, 1.165) is 23.7 Å². The maximum absolute atomic E-state index is 5.36. The molecule has 92 valence electrons. The predicted octanol–water partition coefficient (Wildman–Crippen LogP) is 0.811. The van der Waals surface area contributed by atoms with E-state index in [2.05, 4.69) is 15.3 Å². The van der Waals surface area contributed by atoms with E-state index >= 15 is 0 Å². The van der Waals surface area contributed by atoms with Crippen LogP contribution in [-0.2, 0) is 18.3 Å². The minimum atomic E-state index is 0.645. The summed E-state index contributed by atoms with van der Waals surface area (Å²) in [6.07, 6.45) is 5.08. The SMILES string of the molecule is COCCNCc1ncoc1-c1cn(C)cn1. The highest BCUT2D eigenvalue weighted by Gasteiger charge is 2.12. The second kappa shape index (κ2) is 5.60. The number of hydrogen-bond acceptors (Lipinski definition) is 5. The molecule has 0 atom stereocenters. The van der Waals surface area contributed by atoms with Crippen LogP contribution in [0.3, 0.4) is 0 Å². The molecule has 0 bridgehead atoms. The van der Waals surface area contributed by atoms with Crippen molar-refractivity contribution in [1.82, 2.24) is 19.9 Å². The molecule has 2 heterocycles. The van der Waals surface area contributed by atoms with Crippen LogP contribution in [0.2, 0.25) is 0 Å². The molecule has 0 aliphatic carbocycles. The first-order valence-corrected chi connectivity index (χ1v) is 5.41. The molecular weight excluding hydrogens is 220 g/mol. The minimum absolute atomic E-state index is 0.645. The number of nitrogens with zero attached hydrogens (tertiary/aromatic N) is 3. The van der Waals surface area contributed by atoms with Crippen LogP contribution in [0, 0.1) is 0 Å². The average Bonchev–Trinajstić information content (AvgIpc) is 2.93. The zero-order valence-corrected chi connectivity index (χ0v) is 10.0. The average molecular weight is 236 g/mol. The van der Waals surface area contributed by atoms with Gasteiger partial charge in [-0.25, -0.2) is 9.97 Å². The fourth-order valence-electron chi connectivity index (χ4n) is 1.51. The molecular formula is C11H16N4O2. The Kier molecular flexibility index (Phi) is 3.89.